The van der Waals surface area contributed by atoms with Crippen LogP contribution < -0.4 is 10.2 Å². The fourth-order valence-electron chi connectivity index (χ4n) is 3.56. The molecule has 1 aromatic heterocycles. The van der Waals surface area contributed by atoms with E-state index >= 15 is 0 Å². The van der Waals surface area contributed by atoms with Gasteiger partial charge in [-0.25, -0.2) is 9.37 Å². The molecule has 1 aliphatic rings. The summed E-state index contributed by atoms with van der Waals surface area (Å²) < 4.78 is 13.5. The maximum absolute atomic E-state index is 13.5. The number of hydrogen-bond acceptors (Lipinski definition) is 4. The Kier molecular flexibility index (Phi) is 4.21. The second kappa shape index (κ2) is 7.04. The second-order valence-corrected chi connectivity index (χ2v) is 7.04. The molecule has 1 aliphatic heterocycles. The van der Waals surface area contributed by atoms with E-state index in [1.807, 2.05) is 54.6 Å². The van der Waals surface area contributed by atoms with Crippen molar-refractivity contribution >= 4 is 39.5 Å². The molecule has 0 radical (unpaired) electrons. The minimum absolute atomic E-state index is 0.0472. The largest absolute Gasteiger partial charge is 0.509 e. The summed E-state index contributed by atoms with van der Waals surface area (Å²) in [6.07, 6.45) is 0. The summed E-state index contributed by atoms with van der Waals surface area (Å²) in [5, 5.41) is 22.4. The van der Waals surface area contributed by atoms with Crippen molar-refractivity contribution in [3.63, 3.8) is 0 Å². The van der Waals surface area contributed by atoms with Gasteiger partial charge in [-0.3, -0.25) is 5.41 Å². The molecule has 0 bridgehead atoms. The van der Waals surface area contributed by atoms with Gasteiger partial charge in [0.05, 0.1) is 23.2 Å². The van der Waals surface area contributed by atoms with Gasteiger partial charge in [0.1, 0.15) is 23.2 Å². The predicted molar refractivity (Wildman–Crippen MR) is 117 cm³/mol. The molecule has 0 saturated heterocycles. The van der Waals surface area contributed by atoms with Crippen LogP contribution in [0.2, 0.25) is 0 Å². The molecule has 0 amide bonds. The number of nitrogens with one attached hydrogen (secondary N) is 3. The van der Waals surface area contributed by atoms with Crippen molar-refractivity contribution in [2.24, 2.45) is 0 Å². The summed E-state index contributed by atoms with van der Waals surface area (Å²) in [7, 11) is 0. The number of fused-ring (bicyclic) bond motifs is 1. The minimum Gasteiger partial charge on any atom is -0.509 e. The zero-order chi connectivity index (χ0) is 20.7. The van der Waals surface area contributed by atoms with E-state index in [-0.39, 0.29) is 24.0 Å². The number of hydrogen-bond donors (Lipinski definition) is 4. The van der Waals surface area contributed by atoms with Crippen molar-refractivity contribution in [3.05, 3.63) is 90.2 Å². The third-order valence-corrected chi connectivity index (χ3v) is 5.03. The highest BCUT2D eigenvalue weighted by Crippen LogP contribution is 2.31. The lowest BCUT2D eigenvalue weighted by Gasteiger charge is -2.19. The van der Waals surface area contributed by atoms with Crippen LogP contribution in [0.4, 0.5) is 21.5 Å². The van der Waals surface area contributed by atoms with Gasteiger partial charge in [0, 0.05) is 17.1 Å². The number of aromatic amines is 1. The highest BCUT2D eigenvalue weighted by atomic mass is 19.1. The Labute approximate surface area is 171 Å². The van der Waals surface area contributed by atoms with Crippen LogP contribution in [0, 0.1) is 11.2 Å². The van der Waals surface area contributed by atoms with Crippen LogP contribution in [0.25, 0.3) is 16.6 Å². The predicted octanol–water partition coefficient (Wildman–Crippen LogP) is 5.21. The van der Waals surface area contributed by atoms with E-state index in [1.165, 1.54) is 12.1 Å². The fraction of sp³-hybridized carbons (Fsp3) is 0.0435. The van der Waals surface area contributed by atoms with Gasteiger partial charge in [-0.1, -0.05) is 18.2 Å². The molecule has 0 unspecified atom stereocenters. The molecule has 0 atom stereocenters. The minimum atomic E-state index is -0.372. The number of aliphatic hydroxyl groups is 1. The second-order valence-electron chi connectivity index (χ2n) is 7.04. The Bertz CT molecular complexity index is 1280. The molecule has 148 valence electrons. The first kappa shape index (κ1) is 17.9. The normalized spacial score (nSPS) is 14.0. The average Bonchev–Trinajstić information content (AvgIpc) is 3.28. The number of amidine groups is 1. The Morgan fingerprint density at radius 1 is 1.00 bits per heavy atom. The molecule has 0 aliphatic carbocycles. The molecular weight excluding hydrogens is 381 g/mol. The van der Waals surface area contributed by atoms with Crippen LogP contribution in [-0.2, 0) is 0 Å². The fourth-order valence-corrected chi connectivity index (χ4v) is 3.56. The van der Waals surface area contributed by atoms with Crippen LogP contribution in [0.5, 0.6) is 0 Å². The number of para-hydroxylation sites is 1. The molecule has 0 spiro atoms. The molecular formula is C23H18FN5O. The molecule has 2 heterocycles. The van der Waals surface area contributed by atoms with Crippen LogP contribution in [0.1, 0.15) is 5.82 Å². The van der Waals surface area contributed by atoms with Gasteiger partial charge in [0.25, 0.3) is 0 Å². The Balaban J connectivity index is 1.38. The monoisotopic (exact) mass is 399 g/mol. The van der Waals surface area contributed by atoms with Gasteiger partial charge in [-0.2, -0.15) is 0 Å². The summed E-state index contributed by atoms with van der Waals surface area (Å²) in [5.41, 5.74) is 4.11. The van der Waals surface area contributed by atoms with E-state index in [0.717, 1.165) is 17.1 Å². The van der Waals surface area contributed by atoms with E-state index in [0.29, 0.717) is 22.4 Å². The first-order chi connectivity index (χ1) is 14.6. The van der Waals surface area contributed by atoms with E-state index < -0.39 is 0 Å². The maximum atomic E-state index is 13.5. The number of benzene rings is 3. The molecule has 4 N–H and O–H groups in total. The first-order valence-electron chi connectivity index (χ1n) is 9.45. The lowest BCUT2D eigenvalue weighted by Crippen LogP contribution is -2.26. The first-order valence-corrected chi connectivity index (χ1v) is 9.45. The van der Waals surface area contributed by atoms with Crippen molar-refractivity contribution in [3.8, 4) is 0 Å². The van der Waals surface area contributed by atoms with Crippen LogP contribution >= 0.6 is 0 Å². The summed E-state index contributed by atoms with van der Waals surface area (Å²) >= 11 is 0. The van der Waals surface area contributed by atoms with Gasteiger partial charge < -0.3 is 20.3 Å². The molecule has 0 fully saturated rings. The molecule has 5 rings (SSSR count). The average molecular weight is 399 g/mol. The Morgan fingerprint density at radius 2 is 1.73 bits per heavy atom. The molecule has 0 saturated carbocycles. The standard InChI is InChI=1S/C23H18FN5O/c24-14-6-11-18-19(12-14)28-23(27-18)21-20(30)13-29(22(21)25)17-9-7-16(8-10-17)26-15-4-2-1-3-5-15/h1-12,25-26,30H,13H2,(H,27,28). The zero-order valence-corrected chi connectivity index (χ0v) is 15.9. The lowest BCUT2D eigenvalue weighted by molar-refractivity contribution is 0.411. The van der Waals surface area contributed by atoms with Crippen molar-refractivity contribution in [2.45, 2.75) is 0 Å². The van der Waals surface area contributed by atoms with Crippen molar-refractivity contribution < 1.29 is 9.50 Å². The van der Waals surface area contributed by atoms with Gasteiger partial charge in [0.15, 0.2) is 0 Å². The van der Waals surface area contributed by atoms with Gasteiger partial charge >= 0.3 is 0 Å². The van der Waals surface area contributed by atoms with Crippen LogP contribution in [0.3, 0.4) is 0 Å². The number of halogens is 1. The third kappa shape index (κ3) is 3.16. The van der Waals surface area contributed by atoms with Gasteiger partial charge in [-0.05, 0) is 54.6 Å². The number of rotatable bonds is 4. The van der Waals surface area contributed by atoms with Crippen molar-refractivity contribution in [1.82, 2.24) is 9.97 Å². The number of aromatic nitrogens is 2. The number of nitrogens with zero attached hydrogens (tertiary/aromatic N) is 2. The maximum Gasteiger partial charge on any atom is 0.145 e. The van der Waals surface area contributed by atoms with Crippen molar-refractivity contribution in [1.29, 1.82) is 5.41 Å². The molecule has 4 aromatic rings. The van der Waals surface area contributed by atoms with E-state index in [1.54, 1.807) is 11.0 Å². The SMILES string of the molecule is N=C1C(c2nc3ccc(F)cc3[nH]2)=C(O)CN1c1ccc(Nc2ccccc2)cc1. The highest BCUT2D eigenvalue weighted by molar-refractivity contribution is 6.30. The van der Waals surface area contributed by atoms with E-state index in [2.05, 4.69) is 15.3 Å². The molecule has 7 heteroatoms. The smallest absolute Gasteiger partial charge is 0.145 e. The number of imidazole rings is 1. The van der Waals surface area contributed by atoms with Crippen LogP contribution in [0.15, 0.2) is 78.6 Å². The highest BCUT2D eigenvalue weighted by Gasteiger charge is 2.31. The Morgan fingerprint density at radius 3 is 2.50 bits per heavy atom. The molecule has 3 aromatic carbocycles. The quantitative estimate of drug-likeness (QED) is 0.379. The molecule has 30 heavy (non-hydrogen) atoms. The molecule has 6 nitrogen and oxygen atoms in total. The van der Waals surface area contributed by atoms with Crippen molar-refractivity contribution in [2.75, 3.05) is 16.8 Å². The number of H-pyrrole nitrogens is 1. The van der Waals surface area contributed by atoms with Gasteiger partial charge in [-0.15, -0.1) is 0 Å². The van der Waals surface area contributed by atoms with Crippen LogP contribution in [-0.4, -0.2) is 27.5 Å². The lowest BCUT2D eigenvalue weighted by atomic mass is 10.2. The summed E-state index contributed by atoms with van der Waals surface area (Å²) in [6.45, 7) is 0.172. The summed E-state index contributed by atoms with van der Waals surface area (Å²) in [4.78, 5) is 9.11. The van der Waals surface area contributed by atoms with E-state index in [4.69, 9.17) is 5.41 Å². The number of aliphatic hydroxyl groups excluding tert-OH is 1. The summed E-state index contributed by atoms with van der Waals surface area (Å²) in [6, 6.07) is 21.7. The Hall–Kier alpha value is -4.13. The van der Waals surface area contributed by atoms with Gasteiger partial charge in [0.2, 0.25) is 0 Å². The number of anilines is 3. The zero-order valence-electron chi connectivity index (χ0n) is 15.9. The summed E-state index contributed by atoms with van der Waals surface area (Å²) in [5.74, 6) is 0.160. The van der Waals surface area contributed by atoms with E-state index in [9.17, 15) is 9.50 Å². The third-order valence-electron chi connectivity index (χ3n) is 5.03. The topological polar surface area (TPSA) is 88.0 Å².